The highest BCUT2D eigenvalue weighted by Gasteiger charge is 2.16. The van der Waals surface area contributed by atoms with E-state index in [1.165, 1.54) is 0 Å². The molecule has 0 fully saturated rings. The summed E-state index contributed by atoms with van der Waals surface area (Å²) < 4.78 is 0. The molecule has 0 saturated carbocycles. The van der Waals surface area contributed by atoms with E-state index in [2.05, 4.69) is 0 Å². The van der Waals surface area contributed by atoms with E-state index < -0.39 is 11.8 Å². The second-order valence-corrected chi connectivity index (χ2v) is 2.92. The van der Waals surface area contributed by atoms with Crippen LogP contribution in [0.15, 0.2) is 0 Å². The molecule has 1 unspecified atom stereocenters. The smallest absolute Gasteiger partial charge is 0.231 e. The van der Waals surface area contributed by atoms with E-state index in [1.807, 2.05) is 0 Å². The van der Waals surface area contributed by atoms with Crippen LogP contribution in [-0.2, 0) is 9.59 Å². The monoisotopic (exact) mass is 188 g/mol. The van der Waals surface area contributed by atoms with Crippen molar-refractivity contribution in [2.75, 3.05) is 19.6 Å². The normalized spacial score (nSPS) is 12.8. The molecule has 0 rings (SSSR count). The maximum Gasteiger partial charge on any atom is 0.231 e. The molecule has 0 aromatic rings. The molecule has 0 bridgehead atoms. The zero-order valence-electron chi connectivity index (χ0n) is 7.69. The first kappa shape index (κ1) is 11.9. The minimum Gasteiger partial charge on any atom is -0.369 e. The van der Waals surface area contributed by atoms with Crippen molar-refractivity contribution in [3.8, 4) is 0 Å². The van der Waals surface area contributed by atoms with Gasteiger partial charge in [-0.25, -0.2) is 0 Å². The topological polar surface area (TPSA) is 115 Å². The van der Waals surface area contributed by atoms with E-state index in [0.29, 0.717) is 6.54 Å². The van der Waals surface area contributed by atoms with E-state index in [1.54, 1.807) is 11.8 Å². The second kappa shape index (κ2) is 5.50. The Bertz CT molecular complexity index is 179. The second-order valence-electron chi connectivity index (χ2n) is 2.92. The van der Waals surface area contributed by atoms with Crippen molar-refractivity contribution in [3.63, 3.8) is 0 Å². The summed E-state index contributed by atoms with van der Waals surface area (Å²) in [6.07, 6.45) is 0. The fourth-order valence-electron chi connectivity index (χ4n) is 0.917. The number of nitrogens with zero attached hydrogens (tertiary/aromatic N) is 1. The lowest BCUT2D eigenvalue weighted by molar-refractivity contribution is -0.122. The molecular weight excluding hydrogens is 172 g/mol. The largest absolute Gasteiger partial charge is 0.369 e. The van der Waals surface area contributed by atoms with Crippen LogP contribution in [-0.4, -0.2) is 42.4 Å². The van der Waals surface area contributed by atoms with E-state index in [4.69, 9.17) is 17.2 Å². The standard InChI is InChI=1S/C7H16N4O2/c1-5(2-8)11(3-6(9)12)4-7(10)13/h5H,2-4,8H2,1H3,(H2,9,12)(H2,10,13). The number of hydrogen-bond acceptors (Lipinski definition) is 4. The van der Waals surface area contributed by atoms with Gasteiger partial charge >= 0.3 is 0 Å². The van der Waals surface area contributed by atoms with Gasteiger partial charge in [0.05, 0.1) is 13.1 Å². The summed E-state index contributed by atoms with van der Waals surface area (Å²) in [6, 6.07) is -0.0833. The number of rotatable bonds is 6. The predicted octanol–water partition coefficient (Wildman–Crippen LogP) is -2.39. The van der Waals surface area contributed by atoms with Crippen LogP contribution < -0.4 is 17.2 Å². The zero-order chi connectivity index (χ0) is 10.4. The Morgan fingerprint density at radius 3 is 1.85 bits per heavy atom. The van der Waals surface area contributed by atoms with E-state index >= 15 is 0 Å². The van der Waals surface area contributed by atoms with Crippen molar-refractivity contribution in [1.82, 2.24) is 4.90 Å². The van der Waals surface area contributed by atoms with Gasteiger partial charge in [-0.3, -0.25) is 14.5 Å². The third-order valence-corrected chi connectivity index (χ3v) is 1.68. The fourth-order valence-corrected chi connectivity index (χ4v) is 0.917. The zero-order valence-corrected chi connectivity index (χ0v) is 7.69. The van der Waals surface area contributed by atoms with Crippen LogP contribution in [0.3, 0.4) is 0 Å². The van der Waals surface area contributed by atoms with Crippen LogP contribution in [0.2, 0.25) is 0 Å². The van der Waals surface area contributed by atoms with Crippen molar-refractivity contribution in [2.24, 2.45) is 17.2 Å². The third-order valence-electron chi connectivity index (χ3n) is 1.68. The molecule has 0 spiro atoms. The van der Waals surface area contributed by atoms with Gasteiger partial charge < -0.3 is 17.2 Å². The summed E-state index contributed by atoms with van der Waals surface area (Å²) in [6.45, 7) is 2.15. The molecule has 0 radical (unpaired) electrons. The van der Waals surface area contributed by atoms with Crippen molar-refractivity contribution in [3.05, 3.63) is 0 Å². The molecule has 0 aliphatic heterocycles. The number of amides is 2. The average molecular weight is 188 g/mol. The summed E-state index contributed by atoms with van der Waals surface area (Å²) in [5, 5.41) is 0. The first-order chi connectivity index (χ1) is 5.97. The molecule has 1 atom stereocenters. The summed E-state index contributed by atoms with van der Waals surface area (Å²) in [4.78, 5) is 22.7. The van der Waals surface area contributed by atoms with Crippen LogP contribution in [0.5, 0.6) is 0 Å². The van der Waals surface area contributed by atoms with Gasteiger partial charge in [0, 0.05) is 12.6 Å². The van der Waals surface area contributed by atoms with Crippen LogP contribution in [0.4, 0.5) is 0 Å². The highest BCUT2D eigenvalue weighted by molar-refractivity contribution is 5.79. The lowest BCUT2D eigenvalue weighted by Gasteiger charge is -2.24. The highest BCUT2D eigenvalue weighted by atomic mass is 16.2. The van der Waals surface area contributed by atoms with Crippen molar-refractivity contribution in [2.45, 2.75) is 13.0 Å². The first-order valence-corrected chi connectivity index (χ1v) is 3.98. The lowest BCUT2D eigenvalue weighted by Crippen LogP contribution is -2.47. The molecule has 13 heavy (non-hydrogen) atoms. The maximum absolute atomic E-state index is 10.6. The lowest BCUT2D eigenvalue weighted by atomic mass is 10.2. The molecule has 6 nitrogen and oxygen atoms in total. The highest BCUT2D eigenvalue weighted by Crippen LogP contribution is 1.95. The van der Waals surface area contributed by atoms with Crippen molar-refractivity contribution in [1.29, 1.82) is 0 Å². The van der Waals surface area contributed by atoms with Crippen molar-refractivity contribution < 1.29 is 9.59 Å². The average Bonchev–Trinajstić information content (AvgIpc) is 2.00. The summed E-state index contributed by atoms with van der Waals surface area (Å²) in [5.41, 5.74) is 15.4. The third kappa shape index (κ3) is 5.15. The SMILES string of the molecule is CC(CN)N(CC(N)=O)CC(N)=O. The minimum atomic E-state index is -0.499. The number of hydrogen-bond donors (Lipinski definition) is 3. The number of primary amides is 2. The van der Waals surface area contributed by atoms with Crippen LogP contribution in [0, 0.1) is 0 Å². The van der Waals surface area contributed by atoms with Gasteiger partial charge in [-0.05, 0) is 6.92 Å². The molecule has 0 aromatic heterocycles. The molecule has 6 N–H and O–H groups in total. The van der Waals surface area contributed by atoms with Gasteiger partial charge in [0.2, 0.25) is 11.8 Å². The van der Waals surface area contributed by atoms with E-state index in [9.17, 15) is 9.59 Å². The summed E-state index contributed by atoms with van der Waals surface area (Å²) in [7, 11) is 0. The first-order valence-electron chi connectivity index (χ1n) is 3.98. The van der Waals surface area contributed by atoms with E-state index in [0.717, 1.165) is 0 Å². The number of carbonyl (C=O) groups excluding carboxylic acids is 2. The maximum atomic E-state index is 10.6. The van der Waals surface area contributed by atoms with Gasteiger partial charge in [-0.2, -0.15) is 0 Å². The summed E-state index contributed by atoms with van der Waals surface area (Å²) in [5.74, 6) is -0.997. The van der Waals surface area contributed by atoms with E-state index in [-0.39, 0.29) is 19.1 Å². The molecule has 6 heteroatoms. The molecule has 2 amide bonds. The fraction of sp³-hybridized carbons (Fsp3) is 0.714. The van der Waals surface area contributed by atoms with Crippen LogP contribution in [0.25, 0.3) is 0 Å². The van der Waals surface area contributed by atoms with Crippen LogP contribution in [0.1, 0.15) is 6.92 Å². The molecule has 0 aliphatic carbocycles. The quantitative estimate of drug-likeness (QED) is 0.431. The number of carbonyl (C=O) groups is 2. The predicted molar refractivity (Wildman–Crippen MR) is 48.5 cm³/mol. The Balaban J connectivity index is 4.17. The molecule has 0 saturated heterocycles. The van der Waals surface area contributed by atoms with Gasteiger partial charge in [0.25, 0.3) is 0 Å². The van der Waals surface area contributed by atoms with Crippen LogP contribution >= 0.6 is 0 Å². The van der Waals surface area contributed by atoms with Gasteiger partial charge in [0.15, 0.2) is 0 Å². The minimum absolute atomic E-state index is 0.00130. The van der Waals surface area contributed by atoms with Gasteiger partial charge in [0.1, 0.15) is 0 Å². The van der Waals surface area contributed by atoms with Gasteiger partial charge in [-0.1, -0.05) is 0 Å². The Labute approximate surface area is 77.0 Å². The molecule has 0 aromatic carbocycles. The Hall–Kier alpha value is -1.14. The Kier molecular flexibility index (Phi) is 5.01. The Morgan fingerprint density at radius 1 is 1.23 bits per heavy atom. The Morgan fingerprint density at radius 2 is 1.62 bits per heavy atom. The number of nitrogens with two attached hydrogens (primary N) is 3. The molecule has 0 heterocycles. The van der Waals surface area contributed by atoms with Crippen molar-refractivity contribution >= 4 is 11.8 Å². The molecule has 76 valence electrons. The van der Waals surface area contributed by atoms with Gasteiger partial charge in [-0.15, -0.1) is 0 Å². The molecule has 0 aliphatic rings. The molecular formula is C7H16N4O2. The summed E-state index contributed by atoms with van der Waals surface area (Å²) >= 11 is 0.